The van der Waals surface area contributed by atoms with E-state index < -0.39 is 11.5 Å². The molecule has 3 nitrogen and oxygen atoms in total. The molecule has 1 rings (SSSR count). The van der Waals surface area contributed by atoms with Gasteiger partial charge in [-0.1, -0.05) is 31.5 Å². The molecule has 0 aromatic heterocycles. The highest BCUT2D eigenvalue weighted by Gasteiger charge is 2.37. The summed E-state index contributed by atoms with van der Waals surface area (Å²) in [6.45, 7) is 12.6. The fourth-order valence-corrected chi connectivity index (χ4v) is 2.65. The van der Waals surface area contributed by atoms with Gasteiger partial charge in [-0.15, -0.1) is 0 Å². The van der Waals surface area contributed by atoms with Crippen LogP contribution in [0.3, 0.4) is 0 Å². The molecule has 0 saturated carbocycles. The standard InChI is InChI=1S/C16H25NO2/c1-10(2)9-17-16(6,15(18)19)14-12(4)7-11(3)8-13(14)5/h7-8,10,17H,9H2,1-6H3,(H,18,19). The number of aryl methyl sites for hydroxylation is 3. The zero-order chi connectivity index (χ0) is 14.8. The molecule has 0 saturated heterocycles. The van der Waals surface area contributed by atoms with Crippen molar-refractivity contribution in [3.8, 4) is 0 Å². The Morgan fingerprint density at radius 3 is 2.11 bits per heavy atom. The van der Waals surface area contributed by atoms with Gasteiger partial charge in [0, 0.05) is 0 Å². The monoisotopic (exact) mass is 263 g/mol. The van der Waals surface area contributed by atoms with Gasteiger partial charge in [-0.2, -0.15) is 0 Å². The molecule has 3 heteroatoms. The number of carbonyl (C=O) groups is 1. The first-order valence-electron chi connectivity index (χ1n) is 6.75. The van der Waals surface area contributed by atoms with Crippen molar-refractivity contribution in [3.63, 3.8) is 0 Å². The van der Waals surface area contributed by atoms with Gasteiger partial charge in [-0.25, -0.2) is 4.79 Å². The second-order valence-corrected chi connectivity index (χ2v) is 5.98. The lowest BCUT2D eigenvalue weighted by molar-refractivity contribution is -0.144. The maximum atomic E-state index is 11.8. The lowest BCUT2D eigenvalue weighted by Gasteiger charge is -2.31. The van der Waals surface area contributed by atoms with E-state index >= 15 is 0 Å². The van der Waals surface area contributed by atoms with Crippen LogP contribution in [0.25, 0.3) is 0 Å². The van der Waals surface area contributed by atoms with Crippen LogP contribution in [-0.4, -0.2) is 17.6 Å². The molecule has 0 radical (unpaired) electrons. The fourth-order valence-electron chi connectivity index (χ4n) is 2.65. The van der Waals surface area contributed by atoms with Crippen LogP contribution in [0.15, 0.2) is 12.1 Å². The number of hydrogen-bond donors (Lipinski definition) is 2. The number of carboxylic acids is 1. The maximum absolute atomic E-state index is 11.8. The molecule has 0 aliphatic rings. The smallest absolute Gasteiger partial charge is 0.328 e. The summed E-state index contributed by atoms with van der Waals surface area (Å²) in [5.74, 6) is -0.423. The second-order valence-electron chi connectivity index (χ2n) is 5.98. The van der Waals surface area contributed by atoms with E-state index in [-0.39, 0.29) is 0 Å². The summed E-state index contributed by atoms with van der Waals surface area (Å²) in [5.41, 5.74) is 3.06. The van der Waals surface area contributed by atoms with E-state index in [1.165, 1.54) is 0 Å². The van der Waals surface area contributed by atoms with Crippen LogP contribution in [0.1, 0.15) is 43.0 Å². The molecule has 0 amide bonds. The van der Waals surface area contributed by atoms with Crippen LogP contribution in [0.2, 0.25) is 0 Å². The minimum Gasteiger partial charge on any atom is -0.480 e. The predicted octanol–water partition coefficient (Wildman–Crippen LogP) is 3.16. The molecule has 1 aromatic carbocycles. The quantitative estimate of drug-likeness (QED) is 0.858. The van der Waals surface area contributed by atoms with Crippen LogP contribution in [-0.2, 0) is 10.3 Å². The topological polar surface area (TPSA) is 49.3 Å². The number of rotatable bonds is 5. The van der Waals surface area contributed by atoms with Crippen molar-refractivity contribution < 1.29 is 9.90 Å². The van der Waals surface area contributed by atoms with E-state index in [4.69, 9.17) is 0 Å². The molecule has 1 unspecified atom stereocenters. The van der Waals surface area contributed by atoms with Crippen LogP contribution in [0, 0.1) is 26.7 Å². The summed E-state index contributed by atoms with van der Waals surface area (Å²) in [6, 6.07) is 4.08. The molecule has 1 aromatic rings. The van der Waals surface area contributed by atoms with Gasteiger partial charge in [-0.05, 0) is 56.8 Å². The molecular weight excluding hydrogens is 238 g/mol. The molecule has 19 heavy (non-hydrogen) atoms. The minimum atomic E-state index is -1.04. The Morgan fingerprint density at radius 2 is 1.74 bits per heavy atom. The van der Waals surface area contributed by atoms with Crippen LogP contribution < -0.4 is 5.32 Å². The van der Waals surface area contributed by atoms with Gasteiger partial charge in [0.2, 0.25) is 0 Å². The average molecular weight is 263 g/mol. The molecule has 106 valence electrons. The van der Waals surface area contributed by atoms with Crippen molar-refractivity contribution in [1.29, 1.82) is 0 Å². The van der Waals surface area contributed by atoms with Gasteiger partial charge in [0.25, 0.3) is 0 Å². The van der Waals surface area contributed by atoms with E-state index in [0.29, 0.717) is 12.5 Å². The number of benzene rings is 1. The van der Waals surface area contributed by atoms with Gasteiger partial charge in [0.1, 0.15) is 5.54 Å². The van der Waals surface area contributed by atoms with E-state index in [9.17, 15) is 9.90 Å². The number of carboxylic acid groups (broad SMARTS) is 1. The fraction of sp³-hybridized carbons (Fsp3) is 0.562. The van der Waals surface area contributed by atoms with E-state index in [0.717, 1.165) is 22.3 Å². The zero-order valence-electron chi connectivity index (χ0n) is 12.8. The second kappa shape index (κ2) is 5.74. The molecule has 0 heterocycles. The lowest BCUT2D eigenvalue weighted by Crippen LogP contribution is -2.49. The first kappa shape index (κ1) is 15.7. The van der Waals surface area contributed by atoms with Crippen LogP contribution in [0.4, 0.5) is 0 Å². The van der Waals surface area contributed by atoms with Crippen LogP contribution in [0.5, 0.6) is 0 Å². The first-order chi connectivity index (χ1) is 8.68. The summed E-state index contributed by atoms with van der Waals surface area (Å²) in [6.07, 6.45) is 0. The third-order valence-corrected chi connectivity index (χ3v) is 3.47. The molecule has 0 aliphatic heterocycles. The zero-order valence-corrected chi connectivity index (χ0v) is 12.8. The van der Waals surface area contributed by atoms with Crippen molar-refractivity contribution >= 4 is 5.97 Å². The van der Waals surface area contributed by atoms with E-state index in [2.05, 4.69) is 19.2 Å². The highest BCUT2D eigenvalue weighted by Crippen LogP contribution is 2.29. The maximum Gasteiger partial charge on any atom is 0.328 e. The van der Waals surface area contributed by atoms with Gasteiger partial charge in [0.15, 0.2) is 0 Å². The van der Waals surface area contributed by atoms with Crippen molar-refractivity contribution in [2.45, 2.75) is 47.1 Å². The van der Waals surface area contributed by atoms with Crippen molar-refractivity contribution in [1.82, 2.24) is 5.32 Å². The van der Waals surface area contributed by atoms with E-state index in [1.54, 1.807) is 6.92 Å². The summed E-state index contributed by atoms with van der Waals surface area (Å²) in [4.78, 5) is 11.8. The third kappa shape index (κ3) is 3.35. The Labute approximate surface area is 116 Å². The van der Waals surface area contributed by atoms with Gasteiger partial charge in [-0.3, -0.25) is 5.32 Å². The third-order valence-electron chi connectivity index (χ3n) is 3.47. The Balaban J connectivity index is 3.30. The predicted molar refractivity (Wildman–Crippen MR) is 78.5 cm³/mol. The van der Waals surface area contributed by atoms with Crippen LogP contribution >= 0.6 is 0 Å². The number of nitrogens with one attached hydrogen (secondary N) is 1. The molecule has 0 bridgehead atoms. The molecule has 2 N–H and O–H groups in total. The van der Waals surface area contributed by atoms with Crippen molar-refractivity contribution in [2.24, 2.45) is 5.92 Å². The normalized spacial score (nSPS) is 14.5. The summed E-state index contributed by atoms with van der Waals surface area (Å²) < 4.78 is 0. The molecule has 1 atom stereocenters. The molecule has 0 spiro atoms. The highest BCUT2D eigenvalue weighted by atomic mass is 16.4. The SMILES string of the molecule is Cc1cc(C)c(C(C)(NCC(C)C)C(=O)O)c(C)c1. The summed E-state index contributed by atoms with van der Waals surface area (Å²) in [7, 11) is 0. The van der Waals surface area contributed by atoms with Crippen molar-refractivity contribution in [2.75, 3.05) is 6.54 Å². The first-order valence-corrected chi connectivity index (χ1v) is 6.75. The van der Waals surface area contributed by atoms with Gasteiger partial charge in [0.05, 0.1) is 0 Å². The summed E-state index contributed by atoms with van der Waals surface area (Å²) >= 11 is 0. The molecule has 0 fully saturated rings. The Morgan fingerprint density at radius 1 is 1.26 bits per heavy atom. The highest BCUT2D eigenvalue weighted by molar-refractivity contribution is 5.81. The summed E-state index contributed by atoms with van der Waals surface area (Å²) in [5, 5.41) is 12.9. The lowest BCUT2D eigenvalue weighted by atomic mass is 9.84. The number of hydrogen-bond acceptors (Lipinski definition) is 2. The van der Waals surface area contributed by atoms with E-state index in [1.807, 2.05) is 32.9 Å². The van der Waals surface area contributed by atoms with Gasteiger partial charge >= 0.3 is 5.97 Å². The number of aliphatic carboxylic acids is 1. The Kier molecular flexibility index (Phi) is 4.75. The largest absolute Gasteiger partial charge is 0.480 e. The molecule has 0 aliphatic carbocycles. The Bertz CT molecular complexity index is 457. The molecular formula is C16H25NO2. The Hall–Kier alpha value is -1.35. The minimum absolute atomic E-state index is 0.407. The average Bonchev–Trinajstić information content (AvgIpc) is 2.24. The van der Waals surface area contributed by atoms with Crippen molar-refractivity contribution in [3.05, 3.63) is 34.4 Å². The van der Waals surface area contributed by atoms with Gasteiger partial charge < -0.3 is 5.11 Å².